The zero-order valence-corrected chi connectivity index (χ0v) is 15.5. The lowest BCUT2D eigenvalue weighted by molar-refractivity contribution is -0.121. The maximum atomic E-state index is 12.3. The van der Waals surface area contributed by atoms with Crippen LogP contribution in [-0.4, -0.2) is 27.1 Å². The molecule has 0 aliphatic heterocycles. The molecule has 0 fully saturated rings. The van der Waals surface area contributed by atoms with Crippen LogP contribution in [0.4, 0.5) is 5.69 Å². The highest BCUT2D eigenvalue weighted by Gasteiger charge is 2.10. The van der Waals surface area contributed by atoms with Crippen molar-refractivity contribution in [3.8, 4) is 0 Å². The van der Waals surface area contributed by atoms with Crippen LogP contribution in [0.15, 0.2) is 53.6 Å². The van der Waals surface area contributed by atoms with Gasteiger partial charge < -0.3 is 9.88 Å². The van der Waals surface area contributed by atoms with Crippen LogP contribution < -0.4 is 10.7 Å². The monoisotopic (exact) mass is 363 g/mol. The number of imidazole rings is 1. The summed E-state index contributed by atoms with van der Waals surface area (Å²) >= 11 is 0. The molecule has 7 heteroatoms. The molecule has 138 valence electrons. The molecule has 0 aliphatic carbocycles. The Bertz CT molecular complexity index is 1040. The molecule has 0 aliphatic rings. The van der Waals surface area contributed by atoms with Crippen molar-refractivity contribution in [2.75, 3.05) is 5.32 Å². The van der Waals surface area contributed by atoms with Crippen LogP contribution in [0.1, 0.15) is 25.2 Å². The van der Waals surface area contributed by atoms with Crippen LogP contribution in [0.5, 0.6) is 0 Å². The van der Waals surface area contributed by atoms with Crippen molar-refractivity contribution in [2.24, 2.45) is 5.10 Å². The van der Waals surface area contributed by atoms with Gasteiger partial charge in [0.25, 0.3) is 5.91 Å². The Labute approximate surface area is 157 Å². The van der Waals surface area contributed by atoms with Crippen LogP contribution in [-0.2, 0) is 16.1 Å². The smallest absolute Gasteiger partial charge is 0.260 e. The largest absolute Gasteiger partial charge is 0.326 e. The highest BCUT2D eigenvalue weighted by Crippen LogP contribution is 2.15. The fourth-order valence-corrected chi connectivity index (χ4v) is 2.81. The topological polar surface area (TPSA) is 88.4 Å². The molecule has 3 aromatic rings. The molecule has 1 heterocycles. The van der Waals surface area contributed by atoms with E-state index in [-0.39, 0.29) is 18.4 Å². The number of aryl methyl sites for hydroxylation is 1. The SMILES string of the molecule is CC(=O)Nc1cccc(/C(C)=N\NC(=O)Cn2c(C)nc3ccccc32)c1. The molecule has 2 amide bonds. The molecule has 0 atom stereocenters. The summed E-state index contributed by atoms with van der Waals surface area (Å²) < 4.78 is 1.85. The summed E-state index contributed by atoms with van der Waals surface area (Å²) in [5, 5.41) is 6.90. The summed E-state index contributed by atoms with van der Waals surface area (Å²) in [5.74, 6) is 0.395. The molecule has 0 saturated carbocycles. The lowest BCUT2D eigenvalue weighted by Crippen LogP contribution is -2.24. The Hall–Kier alpha value is -3.48. The number of carbonyl (C=O) groups is 2. The maximum absolute atomic E-state index is 12.3. The highest BCUT2D eigenvalue weighted by molar-refractivity contribution is 6.00. The molecule has 0 spiro atoms. The molecule has 3 rings (SSSR count). The van der Waals surface area contributed by atoms with Gasteiger partial charge in [0.15, 0.2) is 0 Å². The predicted octanol–water partition coefficient (Wildman–Crippen LogP) is 2.84. The van der Waals surface area contributed by atoms with Gasteiger partial charge in [-0.2, -0.15) is 5.10 Å². The minimum absolute atomic E-state index is 0.134. The summed E-state index contributed by atoms with van der Waals surface area (Å²) in [5.41, 5.74) is 6.49. The summed E-state index contributed by atoms with van der Waals surface area (Å²) in [6, 6.07) is 15.0. The number of hydrazone groups is 1. The molecule has 0 unspecified atom stereocenters. The fraction of sp³-hybridized carbons (Fsp3) is 0.200. The van der Waals surface area contributed by atoms with E-state index in [1.807, 2.05) is 47.9 Å². The Morgan fingerprint density at radius 1 is 1.11 bits per heavy atom. The molecular formula is C20H21N5O2. The Balaban J connectivity index is 1.70. The number of para-hydroxylation sites is 2. The first-order valence-electron chi connectivity index (χ1n) is 8.57. The molecule has 0 bridgehead atoms. The van der Waals surface area contributed by atoms with E-state index >= 15 is 0 Å². The first-order chi connectivity index (χ1) is 12.9. The number of fused-ring (bicyclic) bond motifs is 1. The Morgan fingerprint density at radius 3 is 2.67 bits per heavy atom. The number of anilines is 1. The minimum atomic E-state index is -0.237. The van der Waals surface area contributed by atoms with Gasteiger partial charge >= 0.3 is 0 Å². The lowest BCUT2D eigenvalue weighted by Gasteiger charge is -2.08. The van der Waals surface area contributed by atoms with E-state index in [1.54, 1.807) is 19.1 Å². The molecular weight excluding hydrogens is 342 g/mol. The quantitative estimate of drug-likeness (QED) is 0.540. The van der Waals surface area contributed by atoms with Crippen molar-refractivity contribution < 1.29 is 9.59 Å². The number of aromatic nitrogens is 2. The lowest BCUT2D eigenvalue weighted by atomic mass is 10.1. The second-order valence-corrected chi connectivity index (χ2v) is 6.23. The molecule has 27 heavy (non-hydrogen) atoms. The van der Waals surface area contributed by atoms with E-state index in [0.717, 1.165) is 22.4 Å². The van der Waals surface area contributed by atoms with Crippen LogP contribution in [0.2, 0.25) is 0 Å². The van der Waals surface area contributed by atoms with Gasteiger partial charge in [-0.3, -0.25) is 9.59 Å². The van der Waals surface area contributed by atoms with Gasteiger partial charge in [-0.25, -0.2) is 10.4 Å². The minimum Gasteiger partial charge on any atom is -0.326 e. The van der Waals surface area contributed by atoms with Gasteiger partial charge in [-0.05, 0) is 43.7 Å². The third-order valence-electron chi connectivity index (χ3n) is 4.10. The van der Waals surface area contributed by atoms with Crippen LogP contribution in [0.3, 0.4) is 0 Å². The number of hydrogen-bond acceptors (Lipinski definition) is 4. The summed E-state index contributed by atoms with van der Waals surface area (Å²) in [6.45, 7) is 5.25. The third kappa shape index (κ3) is 4.38. The number of rotatable bonds is 5. The number of carbonyl (C=O) groups excluding carboxylic acids is 2. The average Bonchev–Trinajstić information content (AvgIpc) is 2.95. The van der Waals surface area contributed by atoms with Crippen molar-refractivity contribution >= 4 is 34.2 Å². The Kier molecular flexibility index (Phi) is 5.30. The zero-order chi connectivity index (χ0) is 19.4. The van der Waals surface area contributed by atoms with Crippen molar-refractivity contribution in [1.29, 1.82) is 0 Å². The first-order valence-corrected chi connectivity index (χ1v) is 8.57. The van der Waals surface area contributed by atoms with Gasteiger partial charge in [-0.15, -0.1) is 0 Å². The number of nitrogens with one attached hydrogen (secondary N) is 2. The second kappa shape index (κ2) is 7.82. The van der Waals surface area contributed by atoms with E-state index in [1.165, 1.54) is 6.92 Å². The second-order valence-electron chi connectivity index (χ2n) is 6.23. The number of amides is 2. The summed E-state index contributed by atoms with van der Waals surface area (Å²) in [7, 11) is 0. The number of nitrogens with zero attached hydrogens (tertiary/aromatic N) is 3. The first kappa shape index (κ1) is 18.3. The molecule has 2 aromatic carbocycles. The molecule has 0 radical (unpaired) electrons. The van der Waals surface area contributed by atoms with Gasteiger partial charge in [-0.1, -0.05) is 24.3 Å². The zero-order valence-electron chi connectivity index (χ0n) is 15.5. The molecule has 7 nitrogen and oxygen atoms in total. The summed E-state index contributed by atoms with van der Waals surface area (Å²) in [6.07, 6.45) is 0. The normalized spacial score (nSPS) is 11.4. The van der Waals surface area contributed by atoms with Crippen LogP contribution in [0, 0.1) is 6.92 Å². The van der Waals surface area contributed by atoms with Gasteiger partial charge in [0.1, 0.15) is 12.4 Å². The van der Waals surface area contributed by atoms with E-state index in [4.69, 9.17) is 0 Å². The summed E-state index contributed by atoms with van der Waals surface area (Å²) in [4.78, 5) is 28.0. The highest BCUT2D eigenvalue weighted by atomic mass is 16.2. The molecule has 0 saturated heterocycles. The third-order valence-corrected chi connectivity index (χ3v) is 4.10. The van der Waals surface area contributed by atoms with Crippen molar-refractivity contribution in [2.45, 2.75) is 27.3 Å². The van der Waals surface area contributed by atoms with E-state index in [2.05, 4.69) is 20.8 Å². The maximum Gasteiger partial charge on any atom is 0.260 e. The standard InChI is InChI=1S/C20H21N5O2/c1-13(16-7-6-8-17(11-16)22-15(3)26)23-24-20(27)12-25-14(2)21-18-9-4-5-10-19(18)25/h4-11H,12H2,1-3H3,(H,22,26)(H,24,27)/b23-13-. The van der Waals surface area contributed by atoms with E-state index in [9.17, 15) is 9.59 Å². The van der Waals surface area contributed by atoms with Crippen LogP contribution >= 0.6 is 0 Å². The van der Waals surface area contributed by atoms with Gasteiger partial charge in [0, 0.05) is 12.6 Å². The van der Waals surface area contributed by atoms with Crippen molar-refractivity contribution in [1.82, 2.24) is 15.0 Å². The molecule has 2 N–H and O–H groups in total. The van der Waals surface area contributed by atoms with Gasteiger partial charge in [0.2, 0.25) is 5.91 Å². The fourth-order valence-electron chi connectivity index (χ4n) is 2.81. The van der Waals surface area contributed by atoms with Crippen LogP contribution in [0.25, 0.3) is 11.0 Å². The van der Waals surface area contributed by atoms with E-state index < -0.39 is 0 Å². The van der Waals surface area contributed by atoms with Crippen molar-refractivity contribution in [3.05, 3.63) is 59.9 Å². The van der Waals surface area contributed by atoms with E-state index in [0.29, 0.717) is 11.4 Å². The van der Waals surface area contributed by atoms with Crippen molar-refractivity contribution in [3.63, 3.8) is 0 Å². The average molecular weight is 363 g/mol. The Morgan fingerprint density at radius 2 is 1.89 bits per heavy atom. The predicted molar refractivity (Wildman–Crippen MR) is 106 cm³/mol. The van der Waals surface area contributed by atoms with Gasteiger partial charge in [0.05, 0.1) is 16.7 Å². The number of hydrogen-bond donors (Lipinski definition) is 2. The number of benzene rings is 2. The molecule has 1 aromatic heterocycles.